The van der Waals surface area contributed by atoms with E-state index in [0.717, 1.165) is 47.8 Å². The highest BCUT2D eigenvalue weighted by Crippen LogP contribution is 2.18. The van der Waals surface area contributed by atoms with Crippen molar-refractivity contribution < 1.29 is 14.3 Å². The first-order chi connectivity index (χ1) is 14.6. The van der Waals surface area contributed by atoms with Crippen LogP contribution < -0.4 is 10.1 Å². The molecule has 1 N–H and O–H groups in total. The Bertz CT molecular complexity index is 1020. The molecule has 1 atom stereocenters. The number of ether oxygens (including phenoxy) is 2. The molecule has 30 heavy (non-hydrogen) atoms. The molecule has 4 rings (SSSR count). The molecule has 1 amide bonds. The number of aryl methyl sites for hydroxylation is 2. The number of amides is 1. The molecule has 0 bridgehead atoms. The molecule has 6 nitrogen and oxygen atoms in total. The second-order valence-corrected chi connectivity index (χ2v) is 7.67. The van der Waals surface area contributed by atoms with Gasteiger partial charge in [-0.05, 0) is 68.7 Å². The quantitative estimate of drug-likeness (QED) is 0.646. The first-order valence-corrected chi connectivity index (χ1v) is 10.3. The number of aromatic nitrogens is 2. The zero-order valence-electron chi connectivity index (χ0n) is 17.4. The third-order valence-corrected chi connectivity index (χ3v) is 5.17. The third-order valence-electron chi connectivity index (χ3n) is 5.17. The lowest BCUT2D eigenvalue weighted by atomic mass is 10.1. The summed E-state index contributed by atoms with van der Waals surface area (Å²) in [5.41, 5.74) is 4.44. The van der Waals surface area contributed by atoms with Crippen molar-refractivity contribution >= 4 is 5.91 Å². The van der Waals surface area contributed by atoms with Crippen molar-refractivity contribution in [2.45, 2.75) is 39.3 Å². The largest absolute Gasteiger partial charge is 0.491 e. The fourth-order valence-corrected chi connectivity index (χ4v) is 3.66. The molecule has 1 aliphatic heterocycles. The lowest BCUT2D eigenvalue weighted by Gasteiger charge is -2.13. The van der Waals surface area contributed by atoms with E-state index in [1.807, 2.05) is 73.1 Å². The van der Waals surface area contributed by atoms with Crippen molar-refractivity contribution in [2.24, 2.45) is 0 Å². The summed E-state index contributed by atoms with van der Waals surface area (Å²) < 4.78 is 13.3. The Kier molecular flexibility index (Phi) is 6.14. The molecule has 1 unspecified atom stereocenters. The molecule has 2 aromatic carbocycles. The minimum atomic E-state index is -0.121. The summed E-state index contributed by atoms with van der Waals surface area (Å²) >= 11 is 0. The third kappa shape index (κ3) is 4.89. The van der Waals surface area contributed by atoms with Gasteiger partial charge in [0, 0.05) is 24.4 Å². The molecular formula is C24H27N3O3. The maximum absolute atomic E-state index is 12.7. The smallest absolute Gasteiger partial charge is 0.251 e. The molecular weight excluding hydrogens is 378 g/mol. The number of hydrogen-bond donors (Lipinski definition) is 1. The van der Waals surface area contributed by atoms with Crippen LogP contribution in [0.3, 0.4) is 0 Å². The molecule has 3 aromatic rings. The van der Waals surface area contributed by atoms with Crippen LogP contribution in [0.2, 0.25) is 0 Å². The topological polar surface area (TPSA) is 65.4 Å². The minimum Gasteiger partial charge on any atom is -0.491 e. The number of carbonyl (C=O) groups is 1. The highest BCUT2D eigenvalue weighted by molar-refractivity contribution is 5.94. The van der Waals surface area contributed by atoms with Gasteiger partial charge in [0.1, 0.15) is 12.4 Å². The Labute approximate surface area is 176 Å². The summed E-state index contributed by atoms with van der Waals surface area (Å²) in [6.07, 6.45) is 2.33. The van der Waals surface area contributed by atoms with E-state index in [2.05, 4.69) is 10.4 Å². The van der Waals surface area contributed by atoms with Gasteiger partial charge < -0.3 is 14.8 Å². The first kappa shape index (κ1) is 20.2. The van der Waals surface area contributed by atoms with Crippen LogP contribution in [-0.4, -0.2) is 35.0 Å². The Morgan fingerprint density at radius 2 is 2.07 bits per heavy atom. The fraction of sp³-hybridized carbons (Fsp3) is 0.333. The van der Waals surface area contributed by atoms with Crippen LogP contribution in [0.15, 0.2) is 54.6 Å². The molecule has 156 valence electrons. The zero-order chi connectivity index (χ0) is 20.9. The number of rotatable bonds is 7. The van der Waals surface area contributed by atoms with Crippen LogP contribution >= 0.6 is 0 Å². The minimum absolute atomic E-state index is 0.121. The van der Waals surface area contributed by atoms with Crippen molar-refractivity contribution in [3.8, 4) is 11.4 Å². The standard InChI is InChI=1S/C24H27N3O3/c1-17-12-18(2)27(26-17)21-8-4-7-20(14-21)24(28)25-15-19-6-3-9-22(13-19)30-16-23-10-5-11-29-23/h3-4,6-9,12-14,23H,5,10-11,15-16H2,1-2H3,(H,25,28). The van der Waals surface area contributed by atoms with E-state index in [1.54, 1.807) is 0 Å². The van der Waals surface area contributed by atoms with E-state index >= 15 is 0 Å². The predicted octanol–water partition coefficient (Wildman–Crippen LogP) is 3.98. The molecule has 1 aromatic heterocycles. The Morgan fingerprint density at radius 1 is 1.20 bits per heavy atom. The summed E-state index contributed by atoms with van der Waals surface area (Å²) in [5, 5.41) is 7.48. The van der Waals surface area contributed by atoms with Gasteiger partial charge in [0.2, 0.25) is 0 Å². The van der Waals surface area contributed by atoms with Crippen LogP contribution in [-0.2, 0) is 11.3 Å². The van der Waals surface area contributed by atoms with Crippen LogP contribution in [0.25, 0.3) is 5.69 Å². The van der Waals surface area contributed by atoms with Crippen LogP contribution in [0.4, 0.5) is 0 Å². The molecule has 0 aliphatic carbocycles. The molecule has 2 heterocycles. The number of nitrogens with zero attached hydrogens (tertiary/aromatic N) is 2. The monoisotopic (exact) mass is 405 g/mol. The van der Waals surface area contributed by atoms with Gasteiger partial charge in [0.05, 0.1) is 17.5 Å². The molecule has 6 heteroatoms. The summed E-state index contributed by atoms with van der Waals surface area (Å²) in [7, 11) is 0. The summed E-state index contributed by atoms with van der Waals surface area (Å²) in [6, 6.07) is 17.3. The second-order valence-electron chi connectivity index (χ2n) is 7.67. The molecule has 0 spiro atoms. The maximum atomic E-state index is 12.7. The van der Waals surface area contributed by atoms with E-state index in [4.69, 9.17) is 9.47 Å². The summed E-state index contributed by atoms with van der Waals surface area (Å²) in [6.45, 7) is 5.77. The first-order valence-electron chi connectivity index (χ1n) is 10.3. The second kappa shape index (κ2) is 9.13. The van der Waals surface area contributed by atoms with Crippen molar-refractivity contribution in [3.05, 3.63) is 77.1 Å². The number of carbonyl (C=O) groups excluding carboxylic acids is 1. The van der Waals surface area contributed by atoms with Gasteiger partial charge in [0.15, 0.2) is 0 Å². The van der Waals surface area contributed by atoms with Crippen LogP contribution in [0.5, 0.6) is 5.75 Å². The zero-order valence-corrected chi connectivity index (χ0v) is 17.4. The van der Waals surface area contributed by atoms with Gasteiger partial charge in [-0.3, -0.25) is 4.79 Å². The van der Waals surface area contributed by atoms with Gasteiger partial charge in [-0.2, -0.15) is 5.10 Å². The molecule has 1 fully saturated rings. The molecule has 0 radical (unpaired) electrons. The number of benzene rings is 2. The Balaban J connectivity index is 1.37. The van der Waals surface area contributed by atoms with Crippen molar-refractivity contribution in [1.82, 2.24) is 15.1 Å². The van der Waals surface area contributed by atoms with Gasteiger partial charge in [-0.15, -0.1) is 0 Å². The van der Waals surface area contributed by atoms with E-state index in [0.29, 0.717) is 18.7 Å². The van der Waals surface area contributed by atoms with Crippen LogP contribution in [0, 0.1) is 13.8 Å². The molecule has 1 aliphatic rings. The van der Waals surface area contributed by atoms with Gasteiger partial charge in [0.25, 0.3) is 5.91 Å². The molecule has 0 saturated carbocycles. The van der Waals surface area contributed by atoms with E-state index in [9.17, 15) is 4.79 Å². The van der Waals surface area contributed by atoms with Gasteiger partial charge in [-0.25, -0.2) is 4.68 Å². The fourth-order valence-electron chi connectivity index (χ4n) is 3.66. The van der Waals surface area contributed by atoms with E-state index in [-0.39, 0.29) is 12.0 Å². The lowest BCUT2D eigenvalue weighted by Crippen LogP contribution is -2.23. The van der Waals surface area contributed by atoms with E-state index in [1.165, 1.54) is 0 Å². The normalized spacial score (nSPS) is 15.9. The summed E-state index contributed by atoms with van der Waals surface area (Å²) in [5.74, 6) is 0.674. The Morgan fingerprint density at radius 3 is 2.83 bits per heavy atom. The van der Waals surface area contributed by atoms with Gasteiger partial charge in [-0.1, -0.05) is 18.2 Å². The van der Waals surface area contributed by atoms with Gasteiger partial charge >= 0.3 is 0 Å². The highest BCUT2D eigenvalue weighted by Gasteiger charge is 2.16. The Hall–Kier alpha value is -3.12. The van der Waals surface area contributed by atoms with Crippen molar-refractivity contribution in [2.75, 3.05) is 13.2 Å². The van der Waals surface area contributed by atoms with Crippen LogP contribution in [0.1, 0.15) is 40.2 Å². The summed E-state index contributed by atoms with van der Waals surface area (Å²) in [4.78, 5) is 12.7. The predicted molar refractivity (Wildman–Crippen MR) is 115 cm³/mol. The SMILES string of the molecule is Cc1cc(C)n(-c2cccc(C(=O)NCc3cccc(OCC4CCCO4)c3)c2)n1. The van der Waals surface area contributed by atoms with E-state index < -0.39 is 0 Å². The van der Waals surface area contributed by atoms with Crippen molar-refractivity contribution in [3.63, 3.8) is 0 Å². The highest BCUT2D eigenvalue weighted by atomic mass is 16.5. The lowest BCUT2D eigenvalue weighted by molar-refractivity contribution is 0.0679. The maximum Gasteiger partial charge on any atom is 0.251 e. The number of nitrogens with one attached hydrogen (secondary N) is 1. The van der Waals surface area contributed by atoms with Crippen molar-refractivity contribution in [1.29, 1.82) is 0 Å². The average Bonchev–Trinajstić information content (AvgIpc) is 3.40. The number of hydrogen-bond acceptors (Lipinski definition) is 4. The molecule has 1 saturated heterocycles. The average molecular weight is 405 g/mol.